The minimum atomic E-state index is -4.13. The highest BCUT2D eigenvalue weighted by Gasteiger charge is 2.43. The second-order valence-corrected chi connectivity index (χ2v) is 8.73. The van der Waals surface area contributed by atoms with Crippen molar-refractivity contribution in [2.45, 2.75) is 30.9 Å². The summed E-state index contributed by atoms with van der Waals surface area (Å²) in [7, 11) is -4.13. The number of halogens is 3. The van der Waals surface area contributed by atoms with E-state index in [0.29, 0.717) is 6.42 Å². The molecule has 2 aromatic rings. The summed E-state index contributed by atoms with van der Waals surface area (Å²) in [4.78, 5) is 12.7. The number of nitrogens with zero attached hydrogens (tertiary/aromatic N) is 1. The molecule has 10 heteroatoms. The number of hydrogen-bond donors (Lipinski definition) is 1. The van der Waals surface area contributed by atoms with Crippen molar-refractivity contribution in [1.29, 1.82) is 0 Å². The fourth-order valence-corrected chi connectivity index (χ4v) is 4.57. The van der Waals surface area contributed by atoms with E-state index in [4.69, 9.17) is 4.18 Å². The number of hydrogen-bond acceptors (Lipinski definition) is 4. The molecule has 3 atom stereocenters. The topological polar surface area (TPSA) is 83.9 Å². The Hall–Kier alpha value is -2.59. The lowest BCUT2D eigenvalue weighted by molar-refractivity contribution is 0.0770. The quantitative estimate of drug-likeness (QED) is 0.688. The van der Waals surface area contributed by atoms with E-state index < -0.39 is 51.7 Å². The lowest BCUT2D eigenvalue weighted by Crippen LogP contribution is -2.47. The molecule has 0 bridgehead atoms. The van der Waals surface area contributed by atoms with Gasteiger partial charge in [0.25, 0.3) is 10.1 Å². The molecular weight excluding hydrogens is 423 g/mol. The van der Waals surface area contributed by atoms with Gasteiger partial charge >= 0.3 is 6.09 Å². The van der Waals surface area contributed by atoms with Crippen molar-refractivity contribution < 1.29 is 35.7 Å². The second kappa shape index (κ2) is 8.65. The van der Waals surface area contributed by atoms with E-state index >= 15 is 0 Å². The fourth-order valence-electron chi connectivity index (χ4n) is 3.92. The Morgan fingerprint density at radius 3 is 2.53 bits per heavy atom. The zero-order valence-electron chi connectivity index (χ0n) is 16.0. The van der Waals surface area contributed by atoms with E-state index in [0.717, 1.165) is 29.4 Å². The van der Waals surface area contributed by atoms with Crippen molar-refractivity contribution >= 4 is 16.2 Å². The largest absolute Gasteiger partial charge is 0.465 e. The molecule has 1 aliphatic heterocycles. The van der Waals surface area contributed by atoms with Crippen LogP contribution in [0.15, 0.2) is 42.5 Å². The van der Waals surface area contributed by atoms with Gasteiger partial charge in [-0.1, -0.05) is 24.3 Å². The van der Waals surface area contributed by atoms with E-state index in [1.807, 2.05) is 0 Å². The SMILES string of the molecule is CS(=O)(=O)O[C@@H](C1CCCN1C(=O)O)[C@H](c1cccc(F)c1)c1cccc(F)c1F. The normalized spacial score (nSPS) is 18.9. The van der Waals surface area contributed by atoms with E-state index in [1.165, 1.54) is 24.3 Å². The number of amides is 1. The number of likely N-dealkylation sites (tertiary alicyclic amines) is 1. The van der Waals surface area contributed by atoms with Crippen LogP contribution in [0.5, 0.6) is 0 Å². The van der Waals surface area contributed by atoms with Crippen LogP contribution >= 0.6 is 0 Å². The summed E-state index contributed by atoms with van der Waals surface area (Å²) in [6.45, 7) is 0.130. The van der Waals surface area contributed by atoms with Gasteiger partial charge in [-0.15, -0.1) is 0 Å². The molecule has 1 fully saturated rings. The number of carbonyl (C=O) groups is 1. The molecule has 0 aromatic heterocycles. The summed E-state index contributed by atoms with van der Waals surface area (Å²) in [5.41, 5.74) is -0.128. The molecule has 2 aromatic carbocycles. The average molecular weight is 443 g/mol. The second-order valence-electron chi connectivity index (χ2n) is 7.13. The van der Waals surface area contributed by atoms with Gasteiger partial charge in [-0.25, -0.2) is 18.0 Å². The van der Waals surface area contributed by atoms with Gasteiger partial charge in [0.1, 0.15) is 11.9 Å². The van der Waals surface area contributed by atoms with Crippen LogP contribution in [-0.4, -0.2) is 49.5 Å². The van der Waals surface area contributed by atoms with E-state index in [9.17, 15) is 31.5 Å². The summed E-state index contributed by atoms with van der Waals surface area (Å²) in [5, 5.41) is 9.52. The van der Waals surface area contributed by atoms with Crippen molar-refractivity contribution in [3.8, 4) is 0 Å². The molecule has 1 amide bonds. The van der Waals surface area contributed by atoms with E-state index in [2.05, 4.69) is 0 Å². The Morgan fingerprint density at radius 1 is 1.20 bits per heavy atom. The molecule has 0 spiro atoms. The zero-order chi connectivity index (χ0) is 22.1. The molecule has 0 aliphatic carbocycles. The van der Waals surface area contributed by atoms with Crippen LogP contribution in [0, 0.1) is 17.5 Å². The Morgan fingerprint density at radius 2 is 1.90 bits per heavy atom. The maximum atomic E-state index is 14.8. The fraction of sp³-hybridized carbons (Fsp3) is 0.350. The molecule has 6 nitrogen and oxygen atoms in total. The van der Waals surface area contributed by atoms with Crippen molar-refractivity contribution in [3.63, 3.8) is 0 Å². The van der Waals surface area contributed by atoms with Crippen molar-refractivity contribution in [1.82, 2.24) is 4.90 Å². The van der Waals surface area contributed by atoms with E-state index in [1.54, 1.807) is 0 Å². The van der Waals surface area contributed by atoms with E-state index in [-0.39, 0.29) is 24.1 Å². The Kier molecular flexibility index (Phi) is 6.37. The highest BCUT2D eigenvalue weighted by Crippen LogP contribution is 2.38. The van der Waals surface area contributed by atoms with Crippen molar-refractivity contribution in [2.24, 2.45) is 0 Å². The van der Waals surface area contributed by atoms with Gasteiger partial charge in [0, 0.05) is 18.0 Å². The molecule has 1 heterocycles. The van der Waals surface area contributed by atoms with Crippen LogP contribution in [-0.2, 0) is 14.3 Å². The summed E-state index contributed by atoms with van der Waals surface area (Å²) in [6.07, 6.45) is -1.27. The Bertz CT molecular complexity index is 1050. The molecule has 1 N–H and O–H groups in total. The maximum absolute atomic E-state index is 14.8. The standard InChI is InChI=1S/C20H20F3NO5S/c1-30(27,28)29-19(16-9-4-10-24(16)20(25)26)17(12-5-2-6-13(21)11-12)14-7-3-8-15(22)18(14)23/h2-3,5-8,11,16-17,19H,4,9-10H2,1H3,(H,25,26)/t16?,17-,19+/m1/s1. The van der Waals surface area contributed by atoms with Gasteiger partial charge in [-0.3, -0.25) is 4.18 Å². The van der Waals surface area contributed by atoms with Gasteiger partial charge in [0.2, 0.25) is 0 Å². The highest BCUT2D eigenvalue weighted by molar-refractivity contribution is 7.86. The zero-order valence-corrected chi connectivity index (χ0v) is 16.8. The lowest BCUT2D eigenvalue weighted by Gasteiger charge is -2.35. The van der Waals surface area contributed by atoms with Crippen LogP contribution in [0.1, 0.15) is 29.9 Å². The predicted molar refractivity (Wildman–Crippen MR) is 102 cm³/mol. The molecular formula is C20H20F3NO5S. The van der Waals surface area contributed by atoms with Gasteiger partial charge in [-0.2, -0.15) is 8.42 Å². The summed E-state index contributed by atoms with van der Waals surface area (Å²) in [6, 6.07) is 7.39. The van der Waals surface area contributed by atoms with Crippen LogP contribution < -0.4 is 0 Å². The van der Waals surface area contributed by atoms with Crippen LogP contribution in [0.4, 0.5) is 18.0 Å². The molecule has 1 aliphatic rings. The first-order valence-electron chi connectivity index (χ1n) is 9.15. The first-order chi connectivity index (χ1) is 14.1. The third-order valence-electron chi connectivity index (χ3n) is 5.06. The van der Waals surface area contributed by atoms with Gasteiger partial charge in [-0.05, 0) is 36.6 Å². The van der Waals surface area contributed by atoms with Gasteiger partial charge < -0.3 is 10.0 Å². The lowest BCUT2D eigenvalue weighted by atomic mass is 9.82. The number of benzene rings is 2. The monoisotopic (exact) mass is 443 g/mol. The smallest absolute Gasteiger partial charge is 0.407 e. The molecule has 162 valence electrons. The van der Waals surface area contributed by atoms with Crippen LogP contribution in [0.3, 0.4) is 0 Å². The van der Waals surface area contributed by atoms with Gasteiger partial charge in [0.05, 0.1) is 12.3 Å². The van der Waals surface area contributed by atoms with Crippen molar-refractivity contribution in [2.75, 3.05) is 12.8 Å². The molecule has 3 rings (SSSR count). The third kappa shape index (κ3) is 4.76. The Labute approximate surface area is 172 Å². The van der Waals surface area contributed by atoms with Gasteiger partial charge in [0.15, 0.2) is 11.6 Å². The molecule has 0 radical (unpaired) electrons. The number of rotatable bonds is 6. The minimum absolute atomic E-state index is 0.130. The summed E-state index contributed by atoms with van der Waals surface area (Å²) < 4.78 is 72.1. The highest BCUT2D eigenvalue weighted by atomic mass is 32.2. The van der Waals surface area contributed by atoms with Crippen molar-refractivity contribution in [3.05, 3.63) is 71.0 Å². The first kappa shape index (κ1) is 22.1. The minimum Gasteiger partial charge on any atom is -0.465 e. The maximum Gasteiger partial charge on any atom is 0.407 e. The summed E-state index contributed by atoms with van der Waals surface area (Å²) in [5.74, 6) is -4.37. The summed E-state index contributed by atoms with van der Waals surface area (Å²) >= 11 is 0. The molecule has 1 saturated heterocycles. The van der Waals surface area contributed by atoms with Crippen LogP contribution in [0.25, 0.3) is 0 Å². The Balaban J connectivity index is 2.23. The van der Waals surface area contributed by atoms with Crippen LogP contribution in [0.2, 0.25) is 0 Å². The number of carboxylic acid groups (broad SMARTS) is 1. The predicted octanol–water partition coefficient (Wildman–Crippen LogP) is 3.72. The first-order valence-corrected chi connectivity index (χ1v) is 11.0. The average Bonchev–Trinajstić information content (AvgIpc) is 3.14. The third-order valence-corrected chi connectivity index (χ3v) is 5.63. The molecule has 30 heavy (non-hydrogen) atoms. The molecule has 1 unspecified atom stereocenters. The molecule has 0 saturated carbocycles.